The number of aryl methyl sites for hydroxylation is 1. The van der Waals surface area contributed by atoms with Gasteiger partial charge in [0.25, 0.3) is 0 Å². The minimum Gasteiger partial charge on any atom is -0.367 e. The van der Waals surface area contributed by atoms with Crippen molar-refractivity contribution in [1.29, 1.82) is 0 Å². The first-order valence-electron chi connectivity index (χ1n) is 9.32. The fourth-order valence-electron chi connectivity index (χ4n) is 4.11. The number of aromatic nitrogens is 2. The van der Waals surface area contributed by atoms with E-state index in [1.807, 2.05) is 12.4 Å². The predicted molar refractivity (Wildman–Crippen MR) is 102 cm³/mol. The highest BCUT2D eigenvalue weighted by Gasteiger charge is 2.39. The zero-order chi connectivity index (χ0) is 17.2. The minimum absolute atomic E-state index is 0.692. The highest BCUT2D eigenvalue weighted by molar-refractivity contribution is 5.50. The van der Waals surface area contributed by atoms with Gasteiger partial charge in [-0.1, -0.05) is 19.1 Å². The van der Waals surface area contributed by atoms with E-state index < -0.39 is 0 Å². The van der Waals surface area contributed by atoms with Gasteiger partial charge in [0.2, 0.25) is 5.95 Å². The Bertz CT molecular complexity index is 697. The summed E-state index contributed by atoms with van der Waals surface area (Å²) in [4.78, 5) is 13.8. The molecule has 0 bridgehead atoms. The van der Waals surface area contributed by atoms with Gasteiger partial charge in [0, 0.05) is 50.3 Å². The Kier molecular flexibility index (Phi) is 4.57. The molecule has 2 aliphatic rings. The lowest BCUT2D eigenvalue weighted by Gasteiger charge is -2.26. The number of rotatable bonds is 5. The minimum atomic E-state index is 0.692. The predicted octanol–water partition coefficient (Wildman–Crippen LogP) is 2.79. The number of anilines is 2. The van der Waals surface area contributed by atoms with Crippen LogP contribution in [0.3, 0.4) is 0 Å². The van der Waals surface area contributed by atoms with Crippen molar-refractivity contribution in [3.05, 3.63) is 47.8 Å². The van der Waals surface area contributed by atoms with Crippen molar-refractivity contribution in [2.45, 2.75) is 32.4 Å². The molecule has 0 saturated carbocycles. The van der Waals surface area contributed by atoms with Crippen LogP contribution in [0.2, 0.25) is 0 Å². The molecular weight excluding hydrogens is 310 g/mol. The third kappa shape index (κ3) is 3.47. The van der Waals surface area contributed by atoms with E-state index in [2.05, 4.69) is 63.3 Å². The third-order valence-electron chi connectivity index (χ3n) is 5.56. The molecule has 0 unspecified atom stereocenters. The largest absolute Gasteiger partial charge is 0.367 e. The van der Waals surface area contributed by atoms with Crippen molar-refractivity contribution in [1.82, 2.24) is 14.9 Å². The van der Waals surface area contributed by atoms with Gasteiger partial charge in [-0.3, -0.25) is 0 Å². The Labute approximate surface area is 150 Å². The molecule has 2 atom stereocenters. The number of hydrogen-bond donors (Lipinski definition) is 1. The molecule has 0 amide bonds. The van der Waals surface area contributed by atoms with Crippen LogP contribution in [0.15, 0.2) is 36.7 Å². The number of hydrogen-bond acceptors (Lipinski definition) is 5. The third-order valence-corrected chi connectivity index (χ3v) is 5.56. The first kappa shape index (κ1) is 16.3. The van der Waals surface area contributed by atoms with Gasteiger partial charge >= 0.3 is 0 Å². The molecule has 2 fully saturated rings. The lowest BCUT2D eigenvalue weighted by Crippen LogP contribution is -2.34. The summed E-state index contributed by atoms with van der Waals surface area (Å²) in [5.74, 6) is 1.53. The van der Waals surface area contributed by atoms with Gasteiger partial charge in [-0.05, 0) is 49.1 Å². The van der Waals surface area contributed by atoms with Crippen molar-refractivity contribution in [2.75, 3.05) is 36.9 Å². The molecule has 0 spiro atoms. The SMILES string of the molecule is CCc1cnc(NCc2ccc(N3CC[C@@H]4CN(C)C[C@@H]43)cc2)nc1. The molecule has 1 N–H and O–H groups in total. The quantitative estimate of drug-likeness (QED) is 0.909. The molecule has 1 aromatic carbocycles. The second-order valence-corrected chi connectivity index (χ2v) is 7.32. The van der Waals surface area contributed by atoms with Crippen LogP contribution in [0.1, 0.15) is 24.5 Å². The molecule has 5 heteroatoms. The van der Waals surface area contributed by atoms with E-state index in [0.29, 0.717) is 12.0 Å². The molecule has 5 nitrogen and oxygen atoms in total. The number of fused-ring (bicyclic) bond motifs is 1. The van der Waals surface area contributed by atoms with Crippen molar-refractivity contribution in [3.8, 4) is 0 Å². The average Bonchev–Trinajstić information content (AvgIpc) is 3.20. The van der Waals surface area contributed by atoms with E-state index in [1.54, 1.807) is 0 Å². The second-order valence-electron chi connectivity index (χ2n) is 7.32. The van der Waals surface area contributed by atoms with Crippen LogP contribution in [0.25, 0.3) is 0 Å². The first-order valence-corrected chi connectivity index (χ1v) is 9.32. The maximum Gasteiger partial charge on any atom is 0.222 e. The van der Waals surface area contributed by atoms with Crippen LogP contribution in [-0.4, -0.2) is 47.6 Å². The topological polar surface area (TPSA) is 44.3 Å². The van der Waals surface area contributed by atoms with E-state index in [4.69, 9.17) is 0 Å². The summed E-state index contributed by atoms with van der Waals surface area (Å²) in [6, 6.07) is 9.65. The summed E-state index contributed by atoms with van der Waals surface area (Å²) in [7, 11) is 2.24. The zero-order valence-electron chi connectivity index (χ0n) is 15.2. The van der Waals surface area contributed by atoms with Gasteiger partial charge < -0.3 is 15.1 Å². The van der Waals surface area contributed by atoms with Crippen molar-refractivity contribution < 1.29 is 0 Å². The second kappa shape index (κ2) is 7.00. The fourth-order valence-corrected chi connectivity index (χ4v) is 4.11. The number of likely N-dealkylation sites (tertiary alicyclic amines) is 1. The fraction of sp³-hybridized carbons (Fsp3) is 0.500. The molecule has 2 saturated heterocycles. The normalized spacial score (nSPS) is 23.0. The van der Waals surface area contributed by atoms with Gasteiger partial charge in [0.1, 0.15) is 0 Å². The average molecular weight is 337 g/mol. The summed E-state index contributed by atoms with van der Waals surface area (Å²) in [6.07, 6.45) is 6.07. The Hall–Kier alpha value is -2.14. The molecule has 2 aromatic rings. The summed E-state index contributed by atoms with van der Waals surface area (Å²) < 4.78 is 0. The number of nitrogens with zero attached hydrogens (tertiary/aromatic N) is 4. The van der Waals surface area contributed by atoms with Gasteiger partial charge in [0.15, 0.2) is 0 Å². The molecule has 2 aliphatic heterocycles. The van der Waals surface area contributed by atoms with Gasteiger partial charge in [0.05, 0.1) is 0 Å². The number of nitrogens with one attached hydrogen (secondary N) is 1. The van der Waals surface area contributed by atoms with Gasteiger partial charge in [-0.25, -0.2) is 9.97 Å². The molecule has 132 valence electrons. The molecule has 0 radical (unpaired) electrons. The summed E-state index contributed by atoms with van der Waals surface area (Å²) in [6.45, 7) is 6.50. The standard InChI is InChI=1S/C20H27N5/c1-3-15-10-21-20(22-11-15)23-12-16-4-6-18(7-5-16)25-9-8-17-13-24(2)14-19(17)25/h4-7,10-11,17,19H,3,8-9,12-14H2,1-2H3,(H,21,22,23)/t17-,19+/m1/s1. The summed E-state index contributed by atoms with van der Waals surface area (Å²) in [5.41, 5.74) is 3.78. The molecule has 0 aliphatic carbocycles. The molecule has 4 rings (SSSR count). The Morgan fingerprint density at radius 1 is 1.08 bits per heavy atom. The highest BCUT2D eigenvalue weighted by atomic mass is 15.3. The maximum atomic E-state index is 4.35. The number of likely N-dealkylation sites (N-methyl/N-ethyl adjacent to an activating group) is 1. The van der Waals surface area contributed by atoms with Crippen LogP contribution in [0.4, 0.5) is 11.6 Å². The van der Waals surface area contributed by atoms with E-state index in [-0.39, 0.29) is 0 Å². The van der Waals surface area contributed by atoms with Crippen molar-refractivity contribution >= 4 is 11.6 Å². The van der Waals surface area contributed by atoms with Gasteiger partial charge in [-0.2, -0.15) is 0 Å². The number of benzene rings is 1. The van der Waals surface area contributed by atoms with Crippen molar-refractivity contribution in [2.24, 2.45) is 5.92 Å². The first-order chi connectivity index (χ1) is 12.2. The van der Waals surface area contributed by atoms with Crippen LogP contribution < -0.4 is 10.2 Å². The van der Waals surface area contributed by atoms with Crippen LogP contribution in [-0.2, 0) is 13.0 Å². The van der Waals surface area contributed by atoms with E-state index in [9.17, 15) is 0 Å². The summed E-state index contributed by atoms with van der Waals surface area (Å²) in [5, 5.41) is 3.30. The van der Waals surface area contributed by atoms with Gasteiger partial charge in [-0.15, -0.1) is 0 Å². The van der Waals surface area contributed by atoms with Crippen LogP contribution in [0.5, 0.6) is 0 Å². The highest BCUT2D eigenvalue weighted by Crippen LogP contribution is 2.34. The Morgan fingerprint density at radius 3 is 2.56 bits per heavy atom. The molecule has 1 aromatic heterocycles. The van der Waals surface area contributed by atoms with E-state index >= 15 is 0 Å². The molecule has 3 heterocycles. The smallest absolute Gasteiger partial charge is 0.222 e. The summed E-state index contributed by atoms with van der Waals surface area (Å²) >= 11 is 0. The maximum absolute atomic E-state index is 4.35. The van der Waals surface area contributed by atoms with Crippen LogP contribution in [0, 0.1) is 5.92 Å². The Morgan fingerprint density at radius 2 is 1.84 bits per heavy atom. The zero-order valence-corrected chi connectivity index (χ0v) is 15.2. The molecular formula is C20H27N5. The lowest BCUT2D eigenvalue weighted by atomic mass is 10.0. The van der Waals surface area contributed by atoms with Crippen molar-refractivity contribution in [3.63, 3.8) is 0 Å². The Balaban J connectivity index is 1.37. The molecule has 25 heavy (non-hydrogen) atoms. The lowest BCUT2D eigenvalue weighted by molar-refractivity contribution is 0.386. The monoisotopic (exact) mass is 337 g/mol. The van der Waals surface area contributed by atoms with E-state index in [1.165, 1.54) is 37.3 Å². The van der Waals surface area contributed by atoms with E-state index in [0.717, 1.165) is 24.4 Å². The van der Waals surface area contributed by atoms with Crippen LogP contribution >= 0.6 is 0 Å².